The SMILES string of the molecule is Cc1cc(F)ccc1OCC(O)c1ccc(C#N)cc1. The molecule has 4 heteroatoms. The van der Waals surface area contributed by atoms with E-state index in [1.54, 1.807) is 31.2 Å². The summed E-state index contributed by atoms with van der Waals surface area (Å²) in [5, 5.41) is 18.7. The van der Waals surface area contributed by atoms with Gasteiger partial charge < -0.3 is 9.84 Å². The van der Waals surface area contributed by atoms with Gasteiger partial charge in [-0.3, -0.25) is 0 Å². The summed E-state index contributed by atoms with van der Waals surface area (Å²) in [6.07, 6.45) is -0.799. The van der Waals surface area contributed by atoms with Crippen LogP contribution in [0.25, 0.3) is 0 Å². The smallest absolute Gasteiger partial charge is 0.123 e. The molecule has 102 valence electrons. The van der Waals surface area contributed by atoms with Crippen molar-refractivity contribution in [1.29, 1.82) is 5.26 Å². The van der Waals surface area contributed by atoms with Crippen molar-refractivity contribution in [1.82, 2.24) is 0 Å². The van der Waals surface area contributed by atoms with Gasteiger partial charge >= 0.3 is 0 Å². The fourth-order valence-electron chi connectivity index (χ4n) is 1.82. The van der Waals surface area contributed by atoms with Gasteiger partial charge in [-0.05, 0) is 48.4 Å². The molecule has 0 aromatic heterocycles. The molecule has 0 bridgehead atoms. The van der Waals surface area contributed by atoms with Gasteiger partial charge in [0.15, 0.2) is 0 Å². The summed E-state index contributed by atoms with van der Waals surface area (Å²) in [5.74, 6) is 0.224. The highest BCUT2D eigenvalue weighted by molar-refractivity contribution is 5.34. The molecule has 0 aliphatic heterocycles. The number of hydrogen-bond donors (Lipinski definition) is 1. The molecule has 0 saturated heterocycles. The van der Waals surface area contributed by atoms with Crippen molar-refractivity contribution in [2.45, 2.75) is 13.0 Å². The molecule has 0 radical (unpaired) electrons. The van der Waals surface area contributed by atoms with Crippen molar-refractivity contribution in [3.05, 3.63) is 65.0 Å². The lowest BCUT2D eigenvalue weighted by molar-refractivity contribution is 0.108. The average Bonchev–Trinajstić information content (AvgIpc) is 2.46. The van der Waals surface area contributed by atoms with Crippen molar-refractivity contribution in [3.8, 4) is 11.8 Å². The Hall–Kier alpha value is -2.38. The lowest BCUT2D eigenvalue weighted by atomic mass is 10.1. The number of halogens is 1. The number of ether oxygens (including phenoxy) is 1. The zero-order valence-corrected chi connectivity index (χ0v) is 11.0. The topological polar surface area (TPSA) is 53.2 Å². The number of nitriles is 1. The molecule has 2 rings (SSSR count). The number of aryl methyl sites for hydroxylation is 1. The molecular formula is C16H14FNO2. The monoisotopic (exact) mass is 271 g/mol. The van der Waals surface area contributed by atoms with E-state index >= 15 is 0 Å². The van der Waals surface area contributed by atoms with Crippen molar-refractivity contribution in [3.63, 3.8) is 0 Å². The van der Waals surface area contributed by atoms with Crippen LogP contribution in [0.2, 0.25) is 0 Å². The van der Waals surface area contributed by atoms with E-state index in [1.165, 1.54) is 18.2 Å². The second-order valence-electron chi connectivity index (χ2n) is 4.47. The van der Waals surface area contributed by atoms with Gasteiger partial charge in [0.1, 0.15) is 24.3 Å². The first-order chi connectivity index (χ1) is 9.60. The van der Waals surface area contributed by atoms with Gasteiger partial charge in [0.25, 0.3) is 0 Å². The zero-order valence-electron chi connectivity index (χ0n) is 11.0. The normalized spacial score (nSPS) is 11.7. The summed E-state index contributed by atoms with van der Waals surface area (Å²) >= 11 is 0. The molecule has 0 saturated carbocycles. The van der Waals surface area contributed by atoms with Crippen LogP contribution in [0.4, 0.5) is 4.39 Å². The van der Waals surface area contributed by atoms with Gasteiger partial charge in [-0.15, -0.1) is 0 Å². The molecule has 0 aliphatic rings. The maximum atomic E-state index is 13.0. The molecule has 0 fully saturated rings. The number of hydrogen-bond acceptors (Lipinski definition) is 3. The number of nitrogens with zero attached hydrogens (tertiary/aromatic N) is 1. The van der Waals surface area contributed by atoms with Gasteiger partial charge in [-0.1, -0.05) is 12.1 Å². The van der Waals surface area contributed by atoms with Crippen molar-refractivity contribution in [2.75, 3.05) is 6.61 Å². The molecule has 0 spiro atoms. The van der Waals surface area contributed by atoms with Gasteiger partial charge in [0.05, 0.1) is 11.6 Å². The number of rotatable bonds is 4. The number of aliphatic hydroxyl groups excluding tert-OH is 1. The van der Waals surface area contributed by atoms with E-state index in [1.807, 2.05) is 6.07 Å². The van der Waals surface area contributed by atoms with Gasteiger partial charge in [-0.2, -0.15) is 5.26 Å². The molecule has 1 N–H and O–H groups in total. The Bertz CT molecular complexity index is 632. The zero-order chi connectivity index (χ0) is 14.5. The molecule has 1 atom stereocenters. The molecule has 0 heterocycles. The van der Waals surface area contributed by atoms with Crippen LogP contribution in [0.1, 0.15) is 22.8 Å². The van der Waals surface area contributed by atoms with Crippen LogP contribution >= 0.6 is 0 Å². The Morgan fingerprint density at radius 3 is 2.55 bits per heavy atom. The predicted molar refractivity (Wildman–Crippen MR) is 72.7 cm³/mol. The van der Waals surface area contributed by atoms with Crippen LogP contribution in [0.15, 0.2) is 42.5 Å². The van der Waals surface area contributed by atoms with E-state index < -0.39 is 6.10 Å². The fraction of sp³-hybridized carbons (Fsp3) is 0.188. The largest absolute Gasteiger partial charge is 0.490 e. The molecule has 1 unspecified atom stereocenters. The standard InChI is InChI=1S/C16H14FNO2/c1-11-8-14(17)6-7-16(11)20-10-15(19)13-4-2-12(9-18)3-5-13/h2-8,15,19H,10H2,1H3. The molecule has 3 nitrogen and oxygen atoms in total. The minimum Gasteiger partial charge on any atom is -0.490 e. The Labute approximate surface area is 116 Å². The third-order valence-electron chi connectivity index (χ3n) is 2.96. The summed E-state index contributed by atoms with van der Waals surface area (Å²) in [6, 6.07) is 12.9. The molecule has 2 aromatic carbocycles. The van der Waals surface area contributed by atoms with E-state index in [0.29, 0.717) is 22.4 Å². The van der Waals surface area contributed by atoms with Crippen LogP contribution in [-0.4, -0.2) is 11.7 Å². The molecular weight excluding hydrogens is 257 g/mol. The Morgan fingerprint density at radius 1 is 1.25 bits per heavy atom. The summed E-state index contributed by atoms with van der Waals surface area (Å²) in [4.78, 5) is 0. The maximum Gasteiger partial charge on any atom is 0.123 e. The van der Waals surface area contributed by atoms with Crippen LogP contribution < -0.4 is 4.74 Å². The first-order valence-corrected chi connectivity index (χ1v) is 6.17. The summed E-state index contributed by atoms with van der Waals surface area (Å²) in [7, 11) is 0. The highest BCUT2D eigenvalue weighted by Gasteiger charge is 2.09. The highest BCUT2D eigenvalue weighted by Crippen LogP contribution is 2.21. The minimum absolute atomic E-state index is 0.0678. The minimum atomic E-state index is -0.799. The average molecular weight is 271 g/mol. The third kappa shape index (κ3) is 3.34. The van der Waals surface area contributed by atoms with Gasteiger partial charge in [0.2, 0.25) is 0 Å². The van der Waals surface area contributed by atoms with E-state index in [-0.39, 0.29) is 12.4 Å². The number of benzene rings is 2. The second-order valence-corrected chi connectivity index (χ2v) is 4.47. The highest BCUT2D eigenvalue weighted by atomic mass is 19.1. The quantitative estimate of drug-likeness (QED) is 0.929. The molecule has 0 aliphatic carbocycles. The van der Waals surface area contributed by atoms with Crippen LogP contribution in [-0.2, 0) is 0 Å². The van der Waals surface area contributed by atoms with E-state index in [4.69, 9.17) is 10.00 Å². The summed E-state index contributed by atoms with van der Waals surface area (Å²) < 4.78 is 18.4. The van der Waals surface area contributed by atoms with Gasteiger partial charge in [0, 0.05) is 0 Å². The predicted octanol–water partition coefficient (Wildman–Crippen LogP) is 3.12. The van der Waals surface area contributed by atoms with E-state index in [0.717, 1.165) is 0 Å². The van der Waals surface area contributed by atoms with Crippen LogP contribution in [0.3, 0.4) is 0 Å². The Balaban J connectivity index is 2.00. The fourth-order valence-corrected chi connectivity index (χ4v) is 1.82. The molecule has 2 aromatic rings. The Kier molecular flexibility index (Phi) is 4.34. The van der Waals surface area contributed by atoms with Gasteiger partial charge in [-0.25, -0.2) is 4.39 Å². The van der Waals surface area contributed by atoms with Crippen molar-refractivity contribution in [2.24, 2.45) is 0 Å². The van der Waals surface area contributed by atoms with Crippen molar-refractivity contribution < 1.29 is 14.2 Å². The Morgan fingerprint density at radius 2 is 1.95 bits per heavy atom. The first-order valence-electron chi connectivity index (χ1n) is 6.17. The lowest BCUT2D eigenvalue weighted by Gasteiger charge is -2.14. The number of aliphatic hydroxyl groups is 1. The lowest BCUT2D eigenvalue weighted by Crippen LogP contribution is -2.10. The van der Waals surface area contributed by atoms with E-state index in [9.17, 15) is 9.50 Å². The van der Waals surface area contributed by atoms with E-state index in [2.05, 4.69) is 0 Å². The van der Waals surface area contributed by atoms with Crippen LogP contribution in [0.5, 0.6) is 5.75 Å². The first kappa shape index (κ1) is 14.0. The van der Waals surface area contributed by atoms with Crippen molar-refractivity contribution >= 4 is 0 Å². The molecule has 0 amide bonds. The third-order valence-corrected chi connectivity index (χ3v) is 2.96. The summed E-state index contributed by atoms with van der Waals surface area (Å²) in [6.45, 7) is 1.81. The maximum absolute atomic E-state index is 13.0. The second kappa shape index (κ2) is 6.18. The summed E-state index contributed by atoms with van der Waals surface area (Å²) in [5.41, 5.74) is 1.89. The van der Waals surface area contributed by atoms with Crippen LogP contribution in [0, 0.1) is 24.1 Å². The molecule has 20 heavy (non-hydrogen) atoms.